The molecule has 0 radical (unpaired) electrons. The summed E-state index contributed by atoms with van der Waals surface area (Å²) in [5, 5.41) is 13.9. The molecule has 2 aliphatic rings. The first-order chi connectivity index (χ1) is 9.18. The molecule has 0 atom stereocenters. The summed E-state index contributed by atoms with van der Waals surface area (Å²) in [6.07, 6.45) is 1.05. The Bertz CT molecular complexity index is 495. The van der Waals surface area contributed by atoms with E-state index in [1.165, 1.54) is 0 Å². The van der Waals surface area contributed by atoms with Crippen LogP contribution >= 0.6 is 0 Å². The number of amides is 4. The van der Waals surface area contributed by atoms with Gasteiger partial charge in [0.05, 0.1) is 5.41 Å². The quantitative estimate of drug-likeness (QED) is 0.577. The van der Waals surface area contributed by atoms with Crippen molar-refractivity contribution < 1.29 is 24.3 Å². The van der Waals surface area contributed by atoms with E-state index in [1.807, 2.05) is 0 Å². The lowest BCUT2D eigenvalue weighted by Gasteiger charge is -2.16. The third-order valence-corrected chi connectivity index (χ3v) is 3.68. The molecule has 2 rings (SSSR count). The van der Waals surface area contributed by atoms with Crippen LogP contribution in [0.25, 0.3) is 0 Å². The lowest BCUT2D eigenvalue weighted by atomic mass is 10.1. The van der Waals surface area contributed by atoms with Gasteiger partial charge in [0, 0.05) is 6.54 Å². The number of urea groups is 1. The molecule has 0 aromatic rings. The molecule has 1 aliphatic carbocycles. The number of carbonyl (C=O) groups is 4. The van der Waals surface area contributed by atoms with Crippen molar-refractivity contribution in [3.63, 3.8) is 0 Å². The fourth-order valence-corrected chi connectivity index (χ4v) is 2.05. The molecule has 3 N–H and O–H groups in total. The normalized spacial score (nSPS) is 22.4. The van der Waals surface area contributed by atoms with Gasteiger partial charge >= 0.3 is 12.0 Å². The highest BCUT2D eigenvalue weighted by atomic mass is 16.4. The van der Waals surface area contributed by atoms with E-state index < -0.39 is 41.3 Å². The highest BCUT2D eigenvalue weighted by Gasteiger charge is 2.50. The zero-order valence-electron chi connectivity index (χ0n) is 11.4. The van der Waals surface area contributed by atoms with E-state index >= 15 is 0 Å². The number of carbonyl (C=O) groups excluding carboxylic acids is 3. The minimum absolute atomic E-state index is 0.0220. The molecule has 2 fully saturated rings. The Morgan fingerprint density at radius 3 is 2.35 bits per heavy atom. The molecule has 20 heavy (non-hydrogen) atoms. The SMILES string of the molecule is CC1(C)NC(=O)N(CC(=O)NCC2(C(=O)O)CC2)C1=O. The van der Waals surface area contributed by atoms with Crippen LogP contribution in [0.15, 0.2) is 0 Å². The molecule has 0 bridgehead atoms. The molecule has 0 aromatic carbocycles. The number of hydrogen-bond acceptors (Lipinski definition) is 4. The van der Waals surface area contributed by atoms with E-state index in [0.717, 1.165) is 4.90 Å². The van der Waals surface area contributed by atoms with Crippen molar-refractivity contribution in [2.45, 2.75) is 32.2 Å². The second kappa shape index (κ2) is 4.46. The topological polar surface area (TPSA) is 116 Å². The zero-order valence-corrected chi connectivity index (χ0v) is 11.4. The predicted molar refractivity (Wildman–Crippen MR) is 66.6 cm³/mol. The number of rotatable bonds is 5. The van der Waals surface area contributed by atoms with Crippen molar-refractivity contribution in [2.75, 3.05) is 13.1 Å². The first-order valence-electron chi connectivity index (χ1n) is 6.32. The third kappa shape index (κ3) is 2.45. The molecule has 0 unspecified atom stereocenters. The van der Waals surface area contributed by atoms with Gasteiger partial charge in [0.1, 0.15) is 12.1 Å². The number of aliphatic carboxylic acids is 1. The molecule has 4 amide bonds. The highest BCUT2D eigenvalue weighted by molar-refractivity contribution is 6.08. The van der Waals surface area contributed by atoms with Gasteiger partial charge in [-0.3, -0.25) is 19.3 Å². The van der Waals surface area contributed by atoms with E-state index in [1.54, 1.807) is 13.8 Å². The predicted octanol–water partition coefficient (Wildman–Crippen LogP) is -0.702. The summed E-state index contributed by atoms with van der Waals surface area (Å²) in [4.78, 5) is 46.9. The van der Waals surface area contributed by atoms with Gasteiger partial charge in [0.2, 0.25) is 5.91 Å². The second-order valence-electron chi connectivity index (χ2n) is 5.81. The molecule has 1 aliphatic heterocycles. The van der Waals surface area contributed by atoms with Crippen LogP contribution in [-0.4, -0.2) is 52.4 Å². The van der Waals surface area contributed by atoms with Crippen LogP contribution in [0.2, 0.25) is 0 Å². The summed E-state index contributed by atoms with van der Waals surface area (Å²) >= 11 is 0. The first kappa shape index (κ1) is 14.3. The molecule has 1 heterocycles. The van der Waals surface area contributed by atoms with Gasteiger partial charge in [-0.1, -0.05) is 0 Å². The molecule has 0 spiro atoms. The van der Waals surface area contributed by atoms with Crippen LogP contribution in [-0.2, 0) is 14.4 Å². The van der Waals surface area contributed by atoms with Crippen LogP contribution < -0.4 is 10.6 Å². The number of carboxylic acids is 1. The smallest absolute Gasteiger partial charge is 0.325 e. The van der Waals surface area contributed by atoms with Crippen molar-refractivity contribution in [3.8, 4) is 0 Å². The Balaban J connectivity index is 1.88. The highest BCUT2D eigenvalue weighted by Crippen LogP contribution is 2.45. The van der Waals surface area contributed by atoms with Crippen molar-refractivity contribution >= 4 is 23.8 Å². The summed E-state index contributed by atoms with van der Waals surface area (Å²) in [6.45, 7) is 2.72. The first-order valence-corrected chi connectivity index (χ1v) is 6.32. The minimum atomic E-state index is -1.02. The maximum Gasteiger partial charge on any atom is 0.325 e. The molecular weight excluding hydrogens is 266 g/mol. The van der Waals surface area contributed by atoms with Gasteiger partial charge in [0.25, 0.3) is 5.91 Å². The number of nitrogens with zero attached hydrogens (tertiary/aromatic N) is 1. The van der Waals surface area contributed by atoms with E-state index in [4.69, 9.17) is 5.11 Å². The van der Waals surface area contributed by atoms with Gasteiger partial charge in [0.15, 0.2) is 0 Å². The Morgan fingerprint density at radius 2 is 1.95 bits per heavy atom. The molecule has 8 heteroatoms. The van der Waals surface area contributed by atoms with Crippen LogP contribution in [0.1, 0.15) is 26.7 Å². The van der Waals surface area contributed by atoms with Crippen molar-refractivity contribution in [3.05, 3.63) is 0 Å². The molecule has 110 valence electrons. The monoisotopic (exact) mass is 283 g/mol. The molecule has 8 nitrogen and oxygen atoms in total. The maximum atomic E-state index is 11.9. The standard InChI is InChI=1S/C12H17N3O5/c1-11(2)8(17)15(10(20)14-11)5-7(16)13-6-12(3-4-12)9(18)19/h3-6H2,1-2H3,(H,13,16)(H,14,20)(H,18,19). The fourth-order valence-electron chi connectivity index (χ4n) is 2.05. The van der Waals surface area contributed by atoms with Gasteiger partial charge in [-0.25, -0.2) is 4.79 Å². The van der Waals surface area contributed by atoms with Gasteiger partial charge < -0.3 is 15.7 Å². The zero-order chi connectivity index (χ0) is 15.1. The number of carboxylic acid groups (broad SMARTS) is 1. The maximum absolute atomic E-state index is 11.9. The Kier molecular flexibility index (Phi) is 3.19. The number of nitrogens with one attached hydrogen (secondary N) is 2. The Morgan fingerprint density at radius 1 is 1.35 bits per heavy atom. The minimum Gasteiger partial charge on any atom is -0.481 e. The molecule has 1 saturated carbocycles. The summed E-state index contributed by atoms with van der Waals surface area (Å²) in [5.74, 6) is -1.95. The van der Waals surface area contributed by atoms with Crippen molar-refractivity contribution in [2.24, 2.45) is 5.41 Å². The molecular formula is C12H17N3O5. The van der Waals surface area contributed by atoms with Gasteiger partial charge in [-0.05, 0) is 26.7 Å². The average Bonchev–Trinajstić information content (AvgIpc) is 3.09. The van der Waals surface area contributed by atoms with E-state index in [-0.39, 0.29) is 6.54 Å². The van der Waals surface area contributed by atoms with Crippen LogP contribution in [0.5, 0.6) is 0 Å². The van der Waals surface area contributed by atoms with Crippen LogP contribution in [0.4, 0.5) is 4.79 Å². The lowest BCUT2D eigenvalue weighted by Crippen LogP contribution is -2.44. The largest absolute Gasteiger partial charge is 0.481 e. The summed E-state index contributed by atoms with van der Waals surface area (Å²) in [6, 6.07) is -0.616. The summed E-state index contributed by atoms with van der Waals surface area (Å²) in [5.41, 5.74) is -1.89. The Hall–Kier alpha value is -2.12. The van der Waals surface area contributed by atoms with Gasteiger partial charge in [-0.15, -0.1) is 0 Å². The molecule has 1 saturated heterocycles. The number of hydrogen-bond donors (Lipinski definition) is 3. The summed E-state index contributed by atoms with van der Waals surface area (Å²) < 4.78 is 0. The Labute approximate surface area is 115 Å². The third-order valence-electron chi connectivity index (χ3n) is 3.68. The number of imide groups is 1. The van der Waals surface area contributed by atoms with E-state index in [9.17, 15) is 19.2 Å². The summed E-state index contributed by atoms with van der Waals surface area (Å²) in [7, 11) is 0. The van der Waals surface area contributed by atoms with Crippen LogP contribution in [0, 0.1) is 5.41 Å². The molecule has 0 aromatic heterocycles. The van der Waals surface area contributed by atoms with Crippen molar-refractivity contribution in [1.82, 2.24) is 15.5 Å². The van der Waals surface area contributed by atoms with Crippen LogP contribution in [0.3, 0.4) is 0 Å². The van der Waals surface area contributed by atoms with Crippen molar-refractivity contribution in [1.29, 1.82) is 0 Å². The average molecular weight is 283 g/mol. The lowest BCUT2D eigenvalue weighted by molar-refractivity contribution is -0.143. The van der Waals surface area contributed by atoms with E-state index in [2.05, 4.69) is 10.6 Å². The fraction of sp³-hybridized carbons (Fsp3) is 0.667. The van der Waals surface area contributed by atoms with E-state index in [0.29, 0.717) is 12.8 Å². The van der Waals surface area contributed by atoms with Gasteiger partial charge in [-0.2, -0.15) is 0 Å². The second-order valence-corrected chi connectivity index (χ2v) is 5.81.